The van der Waals surface area contributed by atoms with E-state index in [4.69, 9.17) is 4.74 Å². The summed E-state index contributed by atoms with van der Waals surface area (Å²) in [5, 5.41) is 2.57. The molecule has 0 radical (unpaired) electrons. The first-order valence-electron chi connectivity index (χ1n) is 6.75. The molecule has 2 rings (SSSR count). The Morgan fingerprint density at radius 1 is 1.13 bits per heavy atom. The molecular weight excluding hydrogens is 304 g/mol. The molecule has 0 aliphatic rings. The number of anilines is 1. The van der Waals surface area contributed by atoms with Crippen LogP contribution in [-0.4, -0.2) is 19.6 Å². The van der Waals surface area contributed by atoms with Gasteiger partial charge in [0.25, 0.3) is 0 Å². The van der Waals surface area contributed by atoms with Crippen LogP contribution in [0.2, 0.25) is 0 Å². The van der Waals surface area contributed by atoms with E-state index in [-0.39, 0.29) is 17.4 Å². The minimum Gasteiger partial charge on any atom is -0.493 e. The summed E-state index contributed by atoms with van der Waals surface area (Å²) >= 11 is 0. The maximum Gasteiger partial charge on any atom is 0.387 e. The molecule has 0 aromatic heterocycles. The van der Waals surface area contributed by atoms with Crippen LogP contribution < -0.4 is 14.8 Å². The first-order valence-corrected chi connectivity index (χ1v) is 6.75. The predicted molar refractivity (Wildman–Crippen MR) is 83.7 cm³/mol. The molecule has 6 heteroatoms. The van der Waals surface area contributed by atoms with E-state index in [1.807, 2.05) is 30.3 Å². The Labute approximate surface area is 132 Å². The van der Waals surface area contributed by atoms with Crippen molar-refractivity contribution in [1.82, 2.24) is 0 Å². The molecule has 23 heavy (non-hydrogen) atoms. The molecule has 0 aliphatic heterocycles. The zero-order valence-electron chi connectivity index (χ0n) is 12.3. The number of benzene rings is 2. The van der Waals surface area contributed by atoms with Crippen LogP contribution in [0.1, 0.15) is 5.56 Å². The minimum atomic E-state index is -2.98. The Morgan fingerprint density at radius 2 is 1.87 bits per heavy atom. The van der Waals surface area contributed by atoms with Crippen LogP contribution in [0.5, 0.6) is 11.5 Å². The molecule has 4 nitrogen and oxygen atoms in total. The molecular formula is C17H15F2NO3. The zero-order valence-corrected chi connectivity index (χ0v) is 12.3. The highest BCUT2D eigenvalue weighted by molar-refractivity contribution is 6.02. The number of rotatable bonds is 6. The fourth-order valence-electron chi connectivity index (χ4n) is 1.86. The van der Waals surface area contributed by atoms with Crippen molar-refractivity contribution in [2.75, 3.05) is 12.4 Å². The van der Waals surface area contributed by atoms with E-state index in [1.54, 1.807) is 6.08 Å². The van der Waals surface area contributed by atoms with E-state index in [0.29, 0.717) is 5.69 Å². The molecule has 2 aromatic carbocycles. The van der Waals surface area contributed by atoms with Gasteiger partial charge in [-0.15, -0.1) is 0 Å². The number of hydrogen-bond donors (Lipinski definition) is 1. The maximum atomic E-state index is 12.4. The molecule has 0 bridgehead atoms. The monoisotopic (exact) mass is 319 g/mol. The number of alkyl halides is 2. The Morgan fingerprint density at radius 3 is 2.52 bits per heavy atom. The lowest BCUT2D eigenvalue weighted by molar-refractivity contribution is -0.111. The second kappa shape index (κ2) is 7.93. The van der Waals surface area contributed by atoms with Crippen molar-refractivity contribution in [2.24, 2.45) is 0 Å². The molecule has 120 valence electrons. The molecule has 0 saturated carbocycles. The number of halogens is 2. The van der Waals surface area contributed by atoms with Crippen LogP contribution in [0, 0.1) is 0 Å². The minimum absolute atomic E-state index is 0.146. The first-order chi connectivity index (χ1) is 11.1. The number of hydrogen-bond acceptors (Lipinski definition) is 3. The van der Waals surface area contributed by atoms with Crippen molar-refractivity contribution in [3.8, 4) is 11.5 Å². The fraction of sp³-hybridized carbons (Fsp3) is 0.118. The maximum absolute atomic E-state index is 12.4. The molecule has 2 aromatic rings. The number of nitrogens with one attached hydrogen (secondary N) is 1. The molecule has 0 aliphatic carbocycles. The van der Waals surface area contributed by atoms with E-state index < -0.39 is 6.61 Å². The summed E-state index contributed by atoms with van der Waals surface area (Å²) in [6, 6.07) is 13.5. The van der Waals surface area contributed by atoms with Crippen LogP contribution >= 0.6 is 0 Å². The predicted octanol–water partition coefficient (Wildman–Crippen LogP) is 3.95. The highest BCUT2D eigenvalue weighted by Crippen LogP contribution is 2.31. The fourth-order valence-corrected chi connectivity index (χ4v) is 1.86. The van der Waals surface area contributed by atoms with Gasteiger partial charge in [0.05, 0.1) is 7.11 Å². The van der Waals surface area contributed by atoms with Crippen molar-refractivity contribution in [3.63, 3.8) is 0 Å². The second-order valence-electron chi connectivity index (χ2n) is 4.48. The Kier molecular flexibility index (Phi) is 5.68. The average molecular weight is 319 g/mol. The summed E-state index contributed by atoms with van der Waals surface area (Å²) in [6.45, 7) is -2.98. The van der Waals surface area contributed by atoms with Gasteiger partial charge in [0, 0.05) is 17.8 Å². The summed E-state index contributed by atoms with van der Waals surface area (Å²) in [6.07, 6.45) is 3.00. The van der Waals surface area contributed by atoms with Gasteiger partial charge in [-0.3, -0.25) is 4.79 Å². The highest BCUT2D eigenvalue weighted by atomic mass is 19.3. The SMILES string of the molecule is COc1ccc(NC(=O)C=Cc2ccccc2)cc1OC(F)F. The molecule has 0 spiro atoms. The molecule has 1 amide bonds. The van der Waals surface area contributed by atoms with Crippen molar-refractivity contribution >= 4 is 17.7 Å². The summed E-state index contributed by atoms with van der Waals surface area (Å²) in [4.78, 5) is 11.9. The lowest BCUT2D eigenvalue weighted by Gasteiger charge is -2.11. The zero-order chi connectivity index (χ0) is 16.7. The first kappa shape index (κ1) is 16.5. The van der Waals surface area contributed by atoms with Gasteiger partial charge >= 0.3 is 6.61 Å². The van der Waals surface area contributed by atoms with Crippen molar-refractivity contribution in [2.45, 2.75) is 6.61 Å². The third-order valence-electron chi connectivity index (χ3n) is 2.87. The third kappa shape index (κ3) is 5.10. The van der Waals surface area contributed by atoms with E-state index in [1.165, 1.54) is 31.4 Å². The third-order valence-corrected chi connectivity index (χ3v) is 2.87. The molecule has 0 heterocycles. The smallest absolute Gasteiger partial charge is 0.387 e. The van der Waals surface area contributed by atoms with E-state index in [2.05, 4.69) is 10.1 Å². The molecule has 1 N–H and O–H groups in total. The van der Waals surface area contributed by atoms with Gasteiger partial charge in [-0.25, -0.2) is 0 Å². The van der Waals surface area contributed by atoms with Crippen LogP contribution in [0.3, 0.4) is 0 Å². The van der Waals surface area contributed by atoms with Crippen molar-refractivity contribution in [3.05, 3.63) is 60.2 Å². The van der Waals surface area contributed by atoms with Gasteiger partial charge in [0.2, 0.25) is 5.91 Å². The molecule has 0 unspecified atom stereocenters. The van der Waals surface area contributed by atoms with Gasteiger partial charge in [-0.2, -0.15) is 8.78 Å². The van der Waals surface area contributed by atoms with E-state index in [0.717, 1.165) is 5.56 Å². The highest BCUT2D eigenvalue weighted by Gasteiger charge is 2.11. The number of carbonyl (C=O) groups is 1. The average Bonchev–Trinajstić information content (AvgIpc) is 2.54. The normalized spacial score (nSPS) is 10.8. The van der Waals surface area contributed by atoms with Gasteiger partial charge < -0.3 is 14.8 Å². The largest absolute Gasteiger partial charge is 0.493 e. The van der Waals surface area contributed by atoms with Crippen molar-refractivity contribution in [1.29, 1.82) is 0 Å². The van der Waals surface area contributed by atoms with E-state index >= 15 is 0 Å². The Hall–Kier alpha value is -2.89. The summed E-state index contributed by atoms with van der Waals surface area (Å²) in [7, 11) is 1.34. The van der Waals surface area contributed by atoms with Crippen LogP contribution in [-0.2, 0) is 4.79 Å². The molecule has 0 saturated heterocycles. The second-order valence-corrected chi connectivity index (χ2v) is 4.48. The van der Waals surface area contributed by atoms with Crippen LogP contribution in [0.15, 0.2) is 54.6 Å². The Balaban J connectivity index is 2.07. The quantitative estimate of drug-likeness (QED) is 0.820. The topological polar surface area (TPSA) is 47.6 Å². The standard InChI is InChI=1S/C17H15F2NO3/c1-22-14-9-8-13(11-15(14)23-17(18)19)20-16(21)10-7-12-5-3-2-4-6-12/h2-11,17H,1H3,(H,20,21). The van der Waals surface area contributed by atoms with Crippen molar-refractivity contribution < 1.29 is 23.0 Å². The summed E-state index contributed by atoms with van der Waals surface area (Å²) in [5.74, 6) is -0.377. The number of amides is 1. The lowest BCUT2D eigenvalue weighted by atomic mass is 10.2. The summed E-state index contributed by atoms with van der Waals surface area (Å²) in [5.41, 5.74) is 1.20. The van der Waals surface area contributed by atoms with E-state index in [9.17, 15) is 13.6 Å². The van der Waals surface area contributed by atoms with Gasteiger partial charge in [0.1, 0.15) is 0 Å². The molecule has 0 atom stereocenters. The number of methoxy groups -OCH3 is 1. The van der Waals surface area contributed by atoms with Crippen LogP contribution in [0.4, 0.5) is 14.5 Å². The Bertz CT molecular complexity index is 687. The van der Waals surface area contributed by atoms with Crippen LogP contribution in [0.25, 0.3) is 6.08 Å². The van der Waals surface area contributed by atoms with Gasteiger partial charge in [-0.05, 0) is 23.8 Å². The summed E-state index contributed by atoms with van der Waals surface area (Å²) < 4.78 is 34.0. The van der Waals surface area contributed by atoms with Gasteiger partial charge in [-0.1, -0.05) is 30.3 Å². The number of carbonyl (C=O) groups excluding carboxylic acids is 1. The number of ether oxygens (including phenoxy) is 2. The molecule has 0 fully saturated rings. The lowest BCUT2D eigenvalue weighted by Crippen LogP contribution is -2.09. The van der Waals surface area contributed by atoms with Gasteiger partial charge in [0.15, 0.2) is 11.5 Å².